The van der Waals surface area contributed by atoms with E-state index in [0.717, 1.165) is 18.5 Å². The molecular weight excluding hydrogens is 234 g/mol. The van der Waals surface area contributed by atoms with Gasteiger partial charge in [0.1, 0.15) is 0 Å². The van der Waals surface area contributed by atoms with Gasteiger partial charge in [-0.2, -0.15) is 0 Å². The molecule has 2 atom stereocenters. The maximum absolute atomic E-state index is 4.32. The Balaban J connectivity index is 1.75. The maximum atomic E-state index is 4.32. The second kappa shape index (κ2) is 6.02. The van der Waals surface area contributed by atoms with Gasteiger partial charge in [0.25, 0.3) is 0 Å². The van der Waals surface area contributed by atoms with Gasteiger partial charge in [-0.3, -0.25) is 9.88 Å². The molecule has 1 saturated heterocycles. The van der Waals surface area contributed by atoms with Crippen LogP contribution in [0.25, 0.3) is 0 Å². The van der Waals surface area contributed by atoms with E-state index in [2.05, 4.69) is 40.6 Å². The lowest BCUT2D eigenvalue weighted by Gasteiger charge is -2.32. The molecule has 0 spiro atoms. The molecule has 104 valence electrons. The third-order valence-electron chi connectivity index (χ3n) is 4.53. The van der Waals surface area contributed by atoms with E-state index in [0.29, 0.717) is 6.04 Å². The molecular formula is C16H25N3. The van der Waals surface area contributed by atoms with Gasteiger partial charge in [0.2, 0.25) is 0 Å². The Hall–Kier alpha value is -0.930. The monoisotopic (exact) mass is 259 g/mol. The number of nitrogens with one attached hydrogen (secondary N) is 1. The van der Waals surface area contributed by atoms with Crippen LogP contribution in [0.15, 0.2) is 24.5 Å². The molecule has 2 heterocycles. The van der Waals surface area contributed by atoms with Gasteiger partial charge in [-0.1, -0.05) is 12.5 Å². The van der Waals surface area contributed by atoms with Crippen LogP contribution in [0.2, 0.25) is 0 Å². The fourth-order valence-electron chi connectivity index (χ4n) is 3.32. The van der Waals surface area contributed by atoms with Crippen molar-refractivity contribution in [1.29, 1.82) is 0 Å². The largest absolute Gasteiger partial charge is 0.314 e. The summed E-state index contributed by atoms with van der Waals surface area (Å²) in [5, 5.41) is 3.73. The Bertz CT molecular complexity index is 388. The summed E-state index contributed by atoms with van der Waals surface area (Å²) in [5.41, 5.74) is 1.38. The van der Waals surface area contributed by atoms with Crippen molar-refractivity contribution >= 4 is 0 Å². The van der Waals surface area contributed by atoms with Crippen LogP contribution in [0, 0.1) is 5.92 Å². The van der Waals surface area contributed by atoms with Crippen LogP contribution >= 0.6 is 0 Å². The second-order valence-corrected chi connectivity index (χ2v) is 6.15. The molecule has 0 bridgehead atoms. The molecule has 1 aromatic rings. The highest BCUT2D eigenvalue weighted by Gasteiger charge is 2.30. The van der Waals surface area contributed by atoms with E-state index in [1.165, 1.54) is 44.2 Å². The van der Waals surface area contributed by atoms with Gasteiger partial charge in [-0.05, 0) is 56.8 Å². The predicted molar refractivity (Wildman–Crippen MR) is 78.0 cm³/mol. The van der Waals surface area contributed by atoms with E-state index in [9.17, 15) is 0 Å². The summed E-state index contributed by atoms with van der Waals surface area (Å²) in [6.07, 6.45) is 10.7. The molecule has 1 saturated carbocycles. The van der Waals surface area contributed by atoms with E-state index in [-0.39, 0.29) is 0 Å². The Morgan fingerprint density at radius 3 is 2.95 bits per heavy atom. The van der Waals surface area contributed by atoms with Crippen LogP contribution in [-0.4, -0.2) is 36.1 Å². The minimum atomic E-state index is 0.530. The van der Waals surface area contributed by atoms with Crippen molar-refractivity contribution in [2.75, 3.05) is 20.1 Å². The normalized spacial score (nSPS) is 29.1. The molecule has 1 aliphatic heterocycles. The first-order valence-electron chi connectivity index (χ1n) is 7.68. The van der Waals surface area contributed by atoms with Gasteiger partial charge in [0.05, 0.1) is 0 Å². The zero-order valence-corrected chi connectivity index (χ0v) is 11.9. The Morgan fingerprint density at radius 2 is 2.21 bits per heavy atom. The summed E-state index contributed by atoms with van der Waals surface area (Å²) in [6.45, 7) is 2.37. The van der Waals surface area contributed by atoms with Crippen LogP contribution in [0.4, 0.5) is 0 Å². The topological polar surface area (TPSA) is 28.2 Å². The van der Waals surface area contributed by atoms with Gasteiger partial charge < -0.3 is 5.32 Å². The highest BCUT2D eigenvalue weighted by Crippen LogP contribution is 2.34. The lowest BCUT2D eigenvalue weighted by molar-refractivity contribution is 0.188. The number of pyridine rings is 1. The van der Waals surface area contributed by atoms with Crippen LogP contribution in [-0.2, 0) is 0 Å². The smallest absolute Gasteiger partial charge is 0.0400 e. The standard InChI is InChI=1S/C16H25N3/c1-19-10-3-2-5-14(12-18-15-7-8-15)16(19)13-6-4-9-17-11-13/h4,6,9,11,14-16,18H,2-3,5,7-8,10,12H2,1H3. The summed E-state index contributed by atoms with van der Waals surface area (Å²) in [7, 11) is 2.27. The zero-order chi connectivity index (χ0) is 13.1. The Morgan fingerprint density at radius 1 is 1.32 bits per heavy atom. The number of aromatic nitrogens is 1. The molecule has 3 rings (SSSR count). The maximum Gasteiger partial charge on any atom is 0.0400 e. The van der Waals surface area contributed by atoms with E-state index in [1.54, 1.807) is 0 Å². The summed E-state index contributed by atoms with van der Waals surface area (Å²) < 4.78 is 0. The number of hydrogen-bond donors (Lipinski definition) is 1. The highest BCUT2D eigenvalue weighted by molar-refractivity contribution is 5.16. The SMILES string of the molecule is CN1CCCCC(CNC2CC2)C1c1cccnc1. The minimum Gasteiger partial charge on any atom is -0.314 e. The number of nitrogens with zero attached hydrogens (tertiary/aromatic N) is 2. The predicted octanol–water partition coefficient (Wildman–Crippen LogP) is 2.61. The number of rotatable bonds is 4. The first-order valence-corrected chi connectivity index (χ1v) is 7.68. The molecule has 0 radical (unpaired) electrons. The third kappa shape index (κ3) is 3.34. The van der Waals surface area contributed by atoms with Crippen molar-refractivity contribution in [3.63, 3.8) is 0 Å². The van der Waals surface area contributed by atoms with Crippen LogP contribution in [0.5, 0.6) is 0 Å². The average molecular weight is 259 g/mol. The van der Waals surface area contributed by atoms with Gasteiger partial charge in [-0.15, -0.1) is 0 Å². The molecule has 0 aromatic carbocycles. The van der Waals surface area contributed by atoms with Gasteiger partial charge >= 0.3 is 0 Å². The molecule has 3 heteroatoms. The highest BCUT2D eigenvalue weighted by atomic mass is 15.1. The summed E-state index contributed by atoms with van der Waals surface area (Å²) >= 11 is 0. The summed E-state index contributed by atoms with van der Waals surface area (Å²) in [6, 6.07) is 5.65. The average Bonchev–Trinajstić information content (AvgIpc) is 3.25. The third-order valence-corrected chi connectivity index (χ3v) is 4.53. The molecule has 2 unspecified atom stereocenters. The molecule has 2 aliphatic rings. The quantitative estimate of drug-likeness (QED) is 0.901. The molecule has 1 N–H and O–H groups in total. The lowest BCUT2D eigenvalue weighted by atomic mass is 9.90. The number of hydrogen-bond acceptors (Lipinski definition) is 3. The van der Waals surface area contributed by atoms with Gasteiger partial charge in [0, 0.05) is 31.0 Å². The van der Waals surface area contributed by atoms with E-state index >= 15 is 0 Å². The Labute approximate surface area is 116 Å². The molecule has 19 heavy (non-hydrogen) atoms. The van der Waals surface area contributed by atoms with Crippen molar-refractivity contribution in [2.45, 2.75) is 44.2 Å². The molecule has 0 amide bonds. The van der Waals surface area contributed by atoms with Crippen molar-refractivity contribution in [2.24, 2.45) is 5.92 Å². The van der Waals surface area contributed by atoms with Crippen molar-refractivity contribution in [1.82, 2.24) is 15.2 Å². The lowest BCUT2D eigenvalue weighted by Crippen LogP contribution is -2.35. The van der Waals surface area contributed by atoms with Crippen LogP contribution in [0.1, 0.15) is 43.7 Å². The van der Waals surface area contributed by atoms with Gasteiger partial charge in [0.15, 0.2) is 0 Å². The van der Waals surface area contributed by atoms with Crippen molar-refractivity contribution < 1.29 is 0 Å². The van der Waals surface area contributed by atoms with E-state index in [1.807, 2.05) is 6.20 Å². The molecule has 2 fully saturated rings. The molecule has 1 aliphatic carbocycles. The van der Waals surface area contributed by atoms with Crippen LogP contribution in [0.3, 0.4) is 0 Å². The molecule has 1 aromatic heterocycles. The molecule has 3 nitrogen and oxygen atoms in total. The minimum absolute atomic E-state index is 0.530. The first-order chi connectivity index (χ1) is 9.34. The second-order valence-electron chi connectivity index (χ2n) is 6.15. The fraction of sp³-hybridized carbons (Fsp3) is 0.688. The van der Waals surface area contributed by atoms with E-state index in [4.69, 9.17) is 0 Å². The van der Waals surface area contributed by atoms with Crippen LogP contribution < -0.4 is 5.32 Å². The Kier molecular flexibility index (Phi) is 4.14. The van der Waals surface area contributed by atoms with Gasteiger partial charge in [-0.25, -0.2) is 0 Å². The zero-order valence-electron chi connectivity index (χ0n) is 11.9. The fourth-order valence-corrected chi connectivity index (χ4v) is 3.32. The number of likely N-dealkylation sites (tertiary alicyclic amines) is 1. The summed E-state index contributed by atoms with van der Waals surface area (Å²) in [4.78, 5) is 6.85. The first kappa shape index (κ1) is 13.1. The van der Waals surface area contributed by atoms with Crippen molar-refractivity contribution in [3.05, 3.63) is 30.1 Å². The summed E-state index contributed by atoms with van der Waals surface area (Å²) in [5.74, 6) is 0.720. The van der Waals surface area contributed by atoms with Crippen molar-refractivity contribution in [3.8, 4) is 0 Å². The van der Waals surface area contributed by atoms with E-state index < -0.39 is 0 Å².